The van der Waals surface area contributed by atoms with Crippen LogP contribution in [-0.4, -0.2) is 22.9 Å². The van der Waals surface area contributed by atoms with E-state index in [-0.39, 0.29) is 19.1 Å². The summed E-state index contributed by atoms with van der Waals surface area (Å²) in [5.41, 5.74) is 0.810. The van der Waals surface area contributed by atoms with Gasteiger partial charge in [0.05, 0.1) is 6.42 Å². The van der Waals surface area contributed by atoms with E-state index in [1.165, 1.54) is 30.6 Å². The van der Waals surface area contributed by atoms with E-state index in [1.54, 1.807) is 0 Å². The molecule has 1 unspecified atom stereocenters. The second-order valence-corrected chi connectivity index (χ2v) is 7.23. The Morgan fingerprint density at radius 3 is 3.04 bits per heavy atom. The van der Waals surface area contributed by atoms with Gasteiger partial charge in [-0.05, 0) is 12.5 Å². The molecule has 0 aliphatic carbocycles. The van der Waals surface area contributed by atoms with Crippen molar-refractivity contribution in [1.29, 1.82) is 0 Å². The maximum absolute atomic E-state index is 12.3. The fraction of sp³-hybridized carbons (Fsp3) is 0.500. The summed E-state index contributed by atoms with van der Waals surface area (Å²) in [7, 11) is 0. The number of anilines is 1. The molecule has 1 N–H and O–H groups in total. The lowest BCUT2D eigenvalue weighted by molar-refractivity contribution is -0.115. The van der Waals surface area contributed by atoms with Crippen LogP contribution in [0.25, 0.3) is 0 Å². The number of para-hydroxylation sites is 1. The molecule has 1 aromatic heterocycles. The van der Waals surface area contributed by atoms with Crippen LogP contribution in [0, 0.1) is 0 Å². The van der Waals surface area contributed by atoms with Crippen molar-refractivity contribution >= 4 is 22.4 Å². The maximum atomic E-state index is 12.3. The summed E-state index contributed by atoms with van der Waals surface area (Å²) < 4.78 is 10.8. The van der Waals surface area contributed by atoms with Gasteiger partial charge in [0.1, 0.15) is 5.01 Å². The smallest absolute Gasteiger partial charge is 0.231 e. The molecule has 0 saturated carbocycles. The highest BCUT2D eigenvalue weighted by molar-refractivity contribution is 7.15. The zero-order valence-corrected chi connectivity index (χ0v) is 15.4. The number of nitrogens with one attached hydrogen (secondary N) is 1. The first-order valence-corrected chi connectivity index (χ1v) is 9.49. The summed E-state index contributed by atoms with van der Waals surface area (Å²) >= 11 is 1.45. The lowest BCUT2D eigenvalue weighted by Gasteiger charge is -2.06. The summed E-state index contributed by atoms with van der Waals surface area (Å²) in [5.74, 6) is 1.58. The van der Waals surface area contributed by atoms with Gasteiger partial charge in [-0.15, -0.1) is 10.2 Å². The van der Waals surface area contributed by atoms with E-state index in [1.807, 2.05) is 18.2 Å². The number of benzene rings is 1. The predicted octanol–water partition coefficient (Wildman–Crippen LogP) is 4.13. The van der Waals surface area contributed by atoms with Gasteiger partial charge < -0.3 is 14.8 Å². The molecular weight excluding hydrogens is 338 g/mol. The molecule has 3 rings (SSSR count). The number of hydrogen-bond donors (Lipinski definition) is 1. The van der Waals surface area contributed by atoms with Gasteiger partial charge in [-0.3, -0.25) is 4.79 Å². The van der Waals surface area contributed by atoms with Crippen LogP contribution in [0.2, 0.25) is 0 Å². The van der Waals surface area contributed by atoms with Gasteiger partial charge in [0, 0.05) is 11.5 Å². The van der Waals surface area contributed by atoms with E-state index in [4.69, 9.17) is 9.47 Å². The molecule has 2 heterocycles. The van der Waals surface area contributed by atoms with Crippen molar-refractivity contribution in [3.05, 3.63) is 28.8 Å². The molecule has 1 aliphatic heterocycles. The van der Waals surface area contributed by atoms with Gasteiger partial charge in [-0.2, -0.15) is 0 Å². The van der Waals surface area contributed by atoms with Crippen molar-refractivity contribution in [3.8, 4) is 11.5 Å². The Kier molecular flexibility index (Phi) is 5.86. The van der Waals surface area contributed by atoms with Crippen LogP contribution in [0.4, 0.5) is 5.13 Å². The molecule has 1 amide bonds. The van der Waals surface area contributed by atoms with Gasteiger partial charge in [-0.25, -0.2) is 0 Å². The average Bonchev–Trinajstić information content (AvgIpc) is 3.24. The first kappa shape index (κ1) is 17.7. The van der Waals surface area contributed by atoms with Crippen LogP contribution in [0.1, 0.15) is 56.0 Å². The molecule has 0 radical (unpaired) electrons. The standard InChI is InChI=1S/C18H23N3O3S/c1-3-4-5-7-12(2)17-20-21-18(25-17)19-15(22)10-13-8-6-9-14-16(13)24-11-23-14/h6,8-9,12H,3-5,7,10-11H2,1-2H3,(H,19,21,22). The molecule has 25 heavy (non-hydrogen) atoms. The minimum atomic E-state index is -0.134. The minimum Gasteiger partial charge on any atom is -0.454 e. The molecule has 0 saturated heterocycles. The van der Waals surface area contributed by atoms with E-state index in [0.717, 1.165) is 17.0 Å². The lowest BCUT2D eigenvalue weighted by Crippen LogP contribution is -2.14. The van der Waals surface area contributed by atoms with Gasteiger partial charge in [0.2, 0.25) is 17.8 Å². The van der Waals surface area contributed by atoms with E-state index >= 15 is 0 Å². The molecular formula is C18H23N3O3S. The molecule has 1 aromatic carbocycles. The van der Waals surface area contributed by atoms with Crippen LogP contribution in [-0.2, 0) is 11.2 Å². The fourth-order valence-corrected chi connectivity index (χ4v) is 3.62. The number of aromatic nitrogens is 2. The SMILES string of the molecule is CCCCCC(C)c1nnc(NC(=O)Cc2cccc3c2OCO3)s1. The van der Waals surface area contributed by atoms with Gasteiger partial charge in [0.25, 0.3) is 0 Å². The number of hydrogen-bond acceptors (Lipinski definition) is 6. The Balaban J connectivity index is 1.56. The summed E-state index contributed by atoms with van der Waals surface area (Å²) in [6, 6.07) is 5.56. The summed E-state index contributed by atoms with van der Waals surface area (Å²) in [5, 5.41) is 12.7. The number of nitrogens with zero attached hydrogens (tertiary/aromatic N) is 2. The van der Waals surface area contributed by atoms with Gasteiger partial charge >= 0.3 is 0 Å². The van der Waals surface area contributed by atoms with Gasteiger partial charge in [0.15, 0.2) is 11.5 Å². The Labute approximate surface area is 151 Å². The third-order valence-corrected chi connectivity index (χ3v) is 5.25. The number of amides is 1. The largest absolute Gasteiger partial charge is 0.454 e. The Hall–Kier alpha value is -2.15. The van der Waals surface area contributed by atoms with Crippen molar-refractivity contribution in [2.24, 2.45) is 0 Å². The zero-order chi connectivity index (χ0) is 17.6. The molecule has 7 heteroatoms. The number of carbonyl (C=O) groups is 1. The highest BCUT2D eigenvalue weighted by Crippen LogP contribution is 2.35. The van der Waals surface area contributed by atoms with Crippen LogP contribution in [0.3, 0.4) is 0 Å². The predicted molar refractivity (Wildman–Crippen MR) is 97.4 cm³/mol. The molecule has 134 valence electrons. The third kappa shape index (κ3) is 4.48. The quantitative estimate of drug-likeness (QED) is 0.716. The summed E-state index contributed by atoms with van der Waals surface area (Å²) in [6.07, 6.45) is 4.96. The van der Waals surface area contributed by atoms with Crippen LogP contribution >= 0.6 is 11.3 Å². The van der Waals surface area contributed by atoms with Crippen LogP contribution in [0.15, 0.2) is 18.2 Å². The lowest BCUT2D eigenvalue weighted by atomic mass is 10.0. The number of unbranched alkanes of at least 4 members (excludes halogenated alkanes) is 2. The first-order chi connectivity index (χ1) is 12.2. The van der Waals surface area contributed by atoms with E-state index in [2.05, 4.69) is 29.4 Å². The summed E-state index contributed by atoms with van der Waals surface area (Å²) in [4.78, 5) is 12.3. The zero-order valence-electron chi connectivity index (χ0n) is 14.6. The van der Waals surface area contributed by atoms with Crippen molar-refractivity contribution < 1.29 is 14.3 Å². The van der Waals surface area contributed by atoms with Crippen LogP contribution in [0.5, 0.6) is 11.5 Å². The molecule has 2 aromatic rings. The Morgan fingerprint density at radius 2 is 2.20 bits per heavy atom. The molecule has 1 aliphatic rings. The molecule has 1 atom stereocenters. The van der Waals surface area contributed by atoms with Gasteiger partial charge in [-0.1, -0.05) is 56.6 Å². The third-order valence-electron chi connectivity index (χ3n) is 4.18. The van der Waals surface area contributed by atoms with Crippen molar-refractivity contribution in [2.45, 2.75) is 51.9 Å². The molecule has 6 nitrogen and oxygen atoms in total. The highest BCUT2D eigenvalue weighted by Gasteiger charge is 2.20. The molecule has 0 spiro atoms. The van der Waals surface area contributed by atoms with Crippen molar-refractivity contribution in [2.75, 3.05) is 12.1 Å². The number of carbonyl (C=O) groups excluding carboxylic acids is 1. The number of fused-ring (bicyclic) bond motifs is 1. The van der Waals surface area contributed by atoms with E-state index < -0.39 is 0 Å². The van der Waals surface area contributed by atoms with Crippen LogP contribution < -0.4 is 14.8 Å². The minimum absolute atomic E-state index is 0.134. The Bertz CT molecular complexity index is 732. The number of rotatable bonds is 8. The highest BCUT2D eigenvalue weighted by atomic mass is 32.1. The Morgan fingerprint density at radius 1 is 1.32 bits per heavy atom. The molecule has 0 fully saturated rings. The van der Waals surface area contributed by atoms with Crippen molar-refractivity contribution in [3.63, 3.8) is 0 Å². The second kappa shape index (κ2) is 8.29. The summed E-state index contributed by atoms with van der Waals surface area (Å²) in [6.45, 7) is 4.55. The monoisotopic (exact) mass is 361 g/mol. The maximum Gasteiger partial charge on any atom is 0.231 e. The fourth-order valence-electron chi connectivity index (χ4n) is 2.77. The first-order valence-electron chi connectivity index (χ1n) is 8.68. The van der Waals surface area contributed by atoms with E-state index in [0.29, 0.717) is 22.5 Å². The topological polar surface area (TPSA) is 73.3 Å². The number of ether oxygens (including phenoxy) is 2. The second-order valence-electron chi connectivity index (χ2n) is 6.22. The van der Waals surface area contributed by atoms with Crippen molar-refractivity contribution in [1.82, 2.24) is 10.2 Å². The van der Waals surface area contributed by atoms with E-state index in [9.17, 15) is 4.79 Å². The average molecular weight is 361 g/mol. The molecule has 0 bridgehead atoms. The normalized spacial score (nSPS) is 13.7.